The van der Waals surface area contributed by atoms with Gasteiger partial charge in [-0.3, -0.25) is 4.98 Å². The van der Waals surface area contributed by atoms with E-state index in [0.717, 1.165) is 5.56 Å². The largest absolute Gasteiger partial charge is 0.384 e. The molecule has 0 saturated carbocycles. The predicted octanol–water partition coefficient (Wildman–Crippen LogP) is 1.60. The van der Waals surface area contributed by atoms with Gasteiger partial charge in [-0.15, -0.1) is 0 Å². The van der Waals surface area contributed by atoms with Crippen molar-refractivity contribution in [2.24, 2.45) is 0 Å². The second-order valence-electron chi connectivity index (χ2n) is 4.53. The summed E-state index contributed by atoms with van der Waals surface area (Å²) in [5.41, 5.74) is 1.94. The van der Waals surface area contributed by atoms with Crippen LogP contribution in [-0.4, -0.2) is 25.1 Å². The van der Waals surface area contributed by atoms with Crippen molar-refractivity contribution in [2.75, 3.05) is 11.9 Å². The molecule has 2 aromatic rings. The van der Waals surface area contributed by atoms with Gasteiger partial charge >= 0.3 is 0 Å². The van der Waals surface area contributed by atoms with Crippen LogP contribution in [0.2, 0.25) is 0 Å². The van der Waals surface area contributed by atoms with Crippen LogP contribution in [0, 0.1) is 13.8 Å². The number of anilines is 1. The van der Waals surface area contributed by atoms with Gasteiger partial charge in [-0.1, -0.05) is 5.16 Å². The van der Waals surface area contributed by atoms with Crippen molar-refractivity contribution >= 4 is 15.7 Å². The maximum atomic E-state index is 12.4. The Morgan fingerprint density at radius 1 is 1.33 bits per heavy atom. The van der Waals surface area contributed by atoms with Crippen LogP contribution in [0.15, 0.2) is 27.9 Å². The summed E-state index contributed by atoms with van der Waals surface area (Å²) in [5.74, 6) is 0.605. The van der Waals surface area contributed by atoms with E-state index in [9.17, 15) is 8.42 Å². The predicted molar refractivity (Wildman–Crippen MR) is 78.4 cm³/mol. The van der Waals surface area contributed by atoms with Gasteiger partial charge in [-0.05, 0) is 26.8 Å². The number of sulfonamides is 1. The summed E-state index contributed by atoms with van der Waals surface area (Å²) in [6.07, 6.45) is 2.87. The van der Waals surface area contributed by atoms with Gasteiger partial charge in [0.25, 0.3) is 0 Å². The van der Waals surface area contributed by atoms with Crippen molar-refractivity contribution in [1.29, 1.82) is 0 Å². The fourth-order valence-corrected chi connectivity index (χ4v) is 3.05. The number of pyridine rings is 1. The van der Waals surface area contributed by atoms with Crippen LogP contribution in [-0.2, 0) is 16.6 Å². The van der Waals surface area contributed by atoms with Crippen molar-refractivity contribution in [3.8, 4) is 0 Å². The number of hydrogen-bond donors (Lipinski definition) is 2. The van der Waals surface area contributed by atoms with Crippen LogP contribution >= 0.6 is 0 Å². The molecule has 2 heterocycles. The molecule has 7 nitrogen and oxygen atoms in total. The molecule has 0 amide bonds. The molecule has 0 unspecified atom stereocenters. The Labute approximate surface area is 123 Å². The first-order chi connectivity index (χ1) is 9.95. The summed E-state index contributed by atoms with van der Waals surface area (Å²) in [5, 5.41) is 6.81. The molecule has 2 rings (SSSR count). The first kappa shape index (κ1) is 15.5. The Bertz CT molecular complexity index is 705. The minimum atomic E-state index is -3.67. The molecule has 8 heteroatoms. The Morgan fingerprint density at radius 3 is 2.71 bits per heavy atom. The highest BCUT2D eigenvalue weighted by Gasteiger charge is 2.20. The van der Waals surface area contributed by atoms with Gasteiger partial charge < -0.3 is 9.84 Å². The third-order valence-corrected chi connectivity index (χ3v) is 4.49. The number of aryl methyl sites for hydroxylation is 2. The zero-order valence-corrected chi connectivity index (χ0v) is 13.0. The molecular weight excluding hydrogens is 292 g/mol. The van der Waals surface area contributed by atoms with E-state index in [1.165, 1.54) is 6.20 Å². The average molecular weight is 310 g/mol. The van der Waals surface area contributed by atoms with E-state index in [4.69, 9.17) is 4.52 Å². The zero-order valence-electron chi connectivity index (χ0n) is 12.2. The van der Waals surface area contributed by atoms with Crippen LogP contribution in [0.25, 0.3) is 0 Å². The molecule has 0 saturated heterocycles. The molecule has 0 aliphatic carbocycles. The third-order valence-electron chi connectivity index (χ3n) is 3.06. The summed E-state index contributed by atoms with van der Waals surface area (Å²) in [6, 6.07) is 1.63. The Morgan fingerprint density at radius 2 is 2.10 bits per heavy atom. The summed E-state index contributed by atoms with van der Waals surface area (Å²) < 4.78 is 32.4. The minimum Gasteiger partial charge on any atom is -0.384 e. The smallest absolute Gasteiger partial charge is 0.244 e. The molecule has 0 aromatic carbocycles. The van der Waals surface area contributed by atoms with Gasteiger partial charge in [0.05, 0.1) is 11.4 Å². The number of nitrogens with zero attached hydrogens (tertiary/aromatic N) is 2. The van der Waals surface area contributed by atoms with Gasteiger partial charge in [-0.2, -0.15) is 0 Å². The van der Waals surface area contributed by atoms with Crippen LogP contribution in [0.3, 0.4) is 0 Å². The Kier molecular flexibility index (Phi) is 4.59. The molecule has 114 valence electrons. The highest BCUT2D eigenvalue weighted by atomic mass is 32.2. The quantitative estimate of drug-likeness (QED) is 0.841. The molecule has 0 fully saturated rings. The van der Waals surface area contributed by atoms with Crippen LogP contribution in [0.4, 0.5) is 5.69 Å². The summed E-state index contributed by atoms with van der Waals surface area (Å²) in [6.45, 7) is 6.17. The second-order valence-corrected chi connectivity index (χ2v) is 6.26. The van der Waals surface area contributed by atoms with E-state index < -0.39 is 10.0 Å². The van der Waals surface area contributed by atoms with Crippen LogP contribution in [0.1, 0.15) is 23.9 Å². The fraction of sp³-hybridized carbons (Fsp3) is 0.385. The van der Waals surface area contributed by atoms with Gasteiger partial charge in [0.15, 0.2) is 0 Å². The molecule has 0 atom stereocenters. The lowest BCUT2D eigenvalue weighted by atomic mass is 10.2. The standard InChI is InChI=1S/C13H18N4O3S/c1-4-15-12-5-6-14-8-13(12)21(18,19)16-7-11-9(2)17-20-10(11)3/h5-6,8,16H,4,7H2,1-3H3,(H,14,15). The molecule has 0 aliphatic rings. The van der Waals surface area contributed by atoms with E-state index in [-0.39, 0.29) is 11.4 Å². The molecule has 0 aliphatic heterocycles. The lowest BCUT2D eigenvalue weighted by molar-refractivity contribution is 0.392. The van der Waals surface area contributed by atoms with Gasteiger partial charge in [0.1, 0.15) is 10.7 Å². The maximum Gasteiger partial charge on any atom is 0.244 e. The summed E-state index contributed by atoms with van der Waals surface area (Å²) in [7, 11) is -3.67. The summed E-state index contributed by atoms with van der Waals surface area (Å²) in [4.78, 5) is 4.01. The van der Waals surface area contributed by atoms with Crippen molar-refractivity contribution in [3.05, 3.63) is 35.5 Å². The lowest BCUT2D eigenvalue weighted by Gasteiger charge is -2.11. The Balaban J connectivity index is 2.23. The number of rotatable bonds is 6. The van der Waals surface area contributed by atoms with Crippen LogP contribution < -0.4 is 10.0 Å². The monoisotopic (exact) mass is 310 g/mol. The highest BCUT2D eigenvalue weighted by molar-refractivity contribution is 7.89. The first-order valence-electron chi connectivity index (χ1n) is 6.55. The molecule has 2 N–H and O–H groups in total. The van der Waals surface area contributed by atoms with Crippen molar-refractivity contribution in [2.45, 2.75) is 32.2 Å². The SMILES string of the molecule is CCNc1ccncc1S(=O)(=O)NCc1c(C)noc1C. The van der Waals surface area contributed by atoms with Gasteiger partial charge in [-0.25, -0.2) is 13.1 Å². The van der Waals surface area contributed by atoms with Crippen molar-refractivity contribution in [3.63, 3.8) is 0 Å². The molecule has 0 bridgehead atoms. The summed E-state index contributed by atoms with van der Waals surface area (Å²) >= 11 is 0. The second kappa shape index (κ2) is 6.23. The van der Waals surface area contributed by atoms with Crippen molar-refractivity contribution in [1.82, 2.24) is 14.9 Å². The van der Waals surface area contributed by atoms with E-state index in [1.807, 2.05) is 6.92 Å². The normalized spacial score (nSPS) is 11.6. The Hall–Kier alpha value is -1.93. The molecule has 21 heavy (non-hydrogen) atoms. The number of aromatic nitrogens is 2. The van der Waals surface area contributed by atoms with E-state index >= 15 is 0 Å². The lowest BCUT2D eigenvalue weighted by Crippen LogP contribution is -2.25. The van der Waals surface area contributed by atoms with Gasteiger partial charge in [0.2, 0.25) is 10.0 Å². The first-order valence-corrected chi connectivity index (χ1v) is 8.03. The molecular formula is C13H18N4O3S. The van der Waals surface area contributed by atoms with E-state index in [2.05, 4.69) is 20.2 Å². The van der Waals surface area contributed by atoms with E-state index in [1.54, 1.807) is 26.1 Å². The average Bonchev–Trinajstić information content (AvgIpc) is 2.77. The zero-order chi connectivity index (χ0) is 15.5. The van der Waals surface area contributed by atoms with Crippen molar-refractivity contribution < 1.29 is 12.9 Å². The third kappa shape index (κ3) is 3.40. The van der Waals surface area contributed by atoms with Crippen LogP contribution in [0.5, 0.6) is 0 Å². The van der Waals surface area contributed by atoms with E-state index in [0.29, 0.717) is 23.7 Å². The van der Waals surface area contributed by atoms with Gasteiger partial charge in [0, 0.05) is 31.0 Å². The fourth-order valence-electron chi connectivity index (χ4n) is 1.93. The maximum absolute atomic E-state index is 12.4. The number of nitrogens with one attached hydrogen (secondary N) is 2. The topological polar surface area (TPSA) is 97.1 Å². The minimum absolute atomic E-state index is 0.124. The number of hydrogen-bond acceptors (Lipinski definition) is 6. The highest BCUT2D eigenvalue weighted by Crippen LogP contribution is 2.20. The molecule has 2 aromatic heterocycles. The molecule has 0 radical (unpaired) electrons. The molecule has 0 spiro atoms.